The van der Waals surface area contributed by atoms with Crippen LogP contribution < -0.4 is 5.32 Å². The SMILES string of the molecule is O=C(CCSc1nncn1-c1ccccc1)Nc1ccccc1[N+](=O)[O-]. The summed E-state index contributed by atoms with van der Waals surface area (Å²) in [5.74, 6) is 0.176. The van der Waals surface area contributed by atoms with Crippen molar-refractivity contribution in [3.63, 3.8) is 0 Å². The van der Waals surface area contributed by atoms with Crippen molar-refractivity contribution in [3.8, 4) is 5.69 Å². The first kappa shape index (κ1) is 17.6. The number of carbonyl (C=O) groups is 1. The number of benzene rings is 2. The smallest absolute Gasteiger partial charge is 0.292 e. The second kappa shape index (κ2) is 8.26. The summed E-state index contributed by atoms with van der Waals surface area (Å²) in [4.78, 5) is 22.5. The van der Waals surface area contributed by atoms with E-state index < -0.39 is 4.92 Å². The van der Waals surface area contributed by atoms with Crippen molar-refractivity contribution < 1.29 is 9.72 Å². The summed E-state index contributed by atoms with van der Waals surface area (Å²) >= 11 is 1.39. The number of rotatable bonds is 7. The Morgan fingerprint density at radius 1 is 1.15 bits per heavy atom. The van der Waals surface area contributed by atoms with Crippen molar-refractivity contribution in [2.24, 2.45) is 0 Å². The molecule has 132 valence electrons. The van der Waals surface area contributed by atoms with Crippen LogP contribution in [-0.2, 0) is 4.79 Å². The molecule has 0 aliphatic carbocycles. The fourth-order valence-corrected chi connectivity index (χ4v) is 3.14. The molecular weight excluding hydrogens is 354 g/mol. The minimum absolute atomic E-state index is 0.127. The molecule has 3 aromatic rings. The molecule has 2 aromatic carbocycles. The number of thioether (sulfide) groups is 1. The maximum atomic E-state index is 12.1. The van der Waals surface area contributed by atoms with Gasteiger partial charge in [0.15, 0.2) is 5.16 Å². The fraction of sp³-hybridized carbons (Fsp3) is 0.118. The Bertz CT molecular complexity index is 914. The van der Waals surface area contributed by atoms with Crippen molar-refractivity contribution in [2.75, 3.05) is 11.1 Å². The first-order valence-corrected chi connectivity index (χ1v) is 8.75. The number of nitrogens with zero attached hydrogens (tertiary/aromatic N) is 4. The van der Waals surface area contributed by atoms with Gasteiger partial charge in [0.2, 0.25) is 5.91 Å². The molecule has 0 saturated heterocycles. The van der Waals surface area contributed by atoms with Crippen molar-refractivity contribution in [2.45, 2.75) is 11.6 Å². The molecule has 1 heterocycles. The molecule has 3 rings (SSSR count). The number of anilines is 1. The van der Waals surface area contributed by atoms with E-state index in [1.165, 1.54) is 23.9 Å². The van der Waals surface area contributed by atoms with Gasteiger partial charge in [0.1, 0.15) is 12.0 Å². The summed E-state index contributed by atoms with van der Waals surface area (Å²) in [6, 6.07) is 15.7. The Kier molecular flexibility index (Phi) is 5.59. The van der Waals surface area contributed by atoms with E-state index in [-0.39, 0.29) is 23.7 Å². The average molecular weight is 369 g/mol. The highest BCUT2D eigenvalue weighted by molar-refractivity contribution is 7.99. The van der Waals surface area contributed by atoms with Gasteiger partial charge in [0, 0.05) is 23.9 Å². The van der Waals surface area contributed by atoms with Gasteiger partial charge in [-0.15, -0.1) is 10.2 Å². The highest BCUT2D eigenvalue weighted by Crippen LogP contribution is 2.24. The number of hydrogen-bond donors (Lipinski definition) is 1. The standard InChI is InChI=1S/C17H15N5O3S/c23-16(19-14-8-4-5-9-15(14)22(24)25)10-11-26-17-20-18-12-21(17)13-6-2-1-3-7-13/h1-9,12H,10-11H2,(H,19,23). The Labute approximate surface area is 153 Å². The Morgan fingerprint density at radius 3 is 2.65 bits per heavy atom. The van der Waals surface area contributed by atoms with Crippen LogP contribution in [0.25, 0.3) is 5.69 Å². The summed E-state index contributed by atoms with van der Waals surface area (Å²) in [7, 11) is 0. The third-order valence-electron chi connectivity index (χ3n) is 3.49. The maximum absolute atomic E-state index is 12.1. The number of nitrogens with one attached hydrogen (secondary N) is 1. The van der Waals surface area contributed by atoms with Crippen LogP contribution in [0, 0.1) is 10.1 Å². The molecule has 9 heteroatoms. The van der Waals surface area contributed by atoms with Crippen LogP contribution in [0.2, 0.25) is 0 Å². The van der Waals surface area contributed by atoms with Crippen LogP contribution in [0.5, 0.6) is 0 Å². The lowest BCUT2D eigenvalue weighted by atomic mass is 10.2. The molecule has 1 aromatic heterocycles. The van der Waals surface area contributed by atoms with E-state index in [1.807, 2.05) is 34.9 Å². The molecule has 1 amide bonds. The van der Waals surface area contributed by atoms with Crippen molar-refractivity contribution in [3.05, 3.63) is 71.0 Å². The van der Waals surface area contributed by atoms with Crippen molar-refractivity contribution in [1.82, 2.24) is 14.8 Å². The number of nitro benzene ring substituents is 1. The predicted octanol–water partition coefficient (Wildman–Crippen LogP) is 3.30. The minimum Gasteiger partial charge on any atom is -0.320 e. The zero-order valence-electron chi connectivity index (χ0n) is 13.6. The number of nitro groups is 1. The van der Waals surface area contributed by atoms with E-state index in [4.69, 9.17) is 0 Å². The summed E-state index contributed by atoms with van der Waals surface area (Å²) in [5, 5.41) is 22.2. The van der Waals surface area contributed by atoms with Gasteiger partial charge in [-0.3, -0.25) is 19.5 Å². The van der Waals surface area contributed by atoms with E-state index in [0.717, 1.165) is 5.69 Å². The maximum Gasteiger partial charge on any atom is 0.292 e. The lowest BCUT2D eigenvalue weighted by Gasteiger charge is -2.07. The zero-order chi connectivity index (χ0) is 18.4. The van der Waals surface area contributed by atoms with Gasteiger partial charge in [0.05, 0.1) is 4.92 Å². The third kappa shape index (κ3) is 4.25. The van der Waals surface area contributed by atoms with Gasteiger partial charge in [-0.25, -0.2) is 0 Å². The first-order chi connectivity index (χ1) is 12.6. The number of aromatic nitrogens is 3. The van der Waals surface area contributed by atoms with E-state index in [1.54, 1.807) is 18.5 Å². The summed E-state index contributed by atoms with van der Waals surface area (Å²) < 4.78 is 1.84. The van der Waals surface area contributed by atoms with Crippen LogP contribution in [0.3, 0.4) is 0 Å². The lowest BCUT2D eigenvalue weighted by Crippen LogP contribution is -2.13. The largest absolute Gasteiger partial charge is 0.320 e. The molecule has 8 nitrogen and oxygen atoms in total. The Hall–Kier alpha value is -3.20. The molecule has 0 aliphatic rings. The fourth-order valence-electron chi connectivity index (χ4n) is 2.27. The summed E-state index contributed by atoms with van der Waals surface area (Å²) in [6.07, 6.45) is 1.81. The molecule has 0 spiro atoms. The lowest BCUT2D eigenvalue weighted by molar-refractivity contribution is -0.383. The van der Waals surface area contributed by atoms with Gasteiger partial charge < -0.3 is 5.32 Å². The molecule has 0 saturated carbocycles. The van der Waals surface area contributed by atoms with Crippen LogP contribution in [0.4, 0.5) is 11.4 Å². The third-order valence-corrected chi connectivity index (χ3v) is 4.43. The molecule has 0 bridgehead atoms. The molecule has 0 radical (unpaired) electrons. The molecule has 26 heavy (non-hydrogen) atoms. The first-order valence-electron chi connectivity index (χ1n) is 7.76. The second-order valence-electron chi connectivity index (χ2n) is 5.24. The highest BCUT2D eigenvalue weighted by Gasteiger charge is 2.15. The molecule has 0 atom stereocenters. The molecular formula is C17H15N5O3S. The Balaban J connectivity index is 1.57. The molecule has 0 aliphatic heterocycles. The van der Waals surface area contributed by atoms with Gasteiger partial charge >= 0.3 is 0 Å². The zero-order valence-corrected chi connectivity index (χ0v) is 14.4. The van der Waals surface area contributed by atoms with Gasteiger partial charge in [-0.1, -0.05) is 42.1 Å². The molecule has 0 unspecified atom stereocenters. The summed E-state index contributed by atoms with van der Waals surface area (Å²) in [6.45, 7) is 0. The van der Waals surface area contributed by atoms with Crippen LogP contribution >= 0.6 is 11.8 Å². The Morgan fingerprint density at radius 2 is 1.88 bits per heavy atom. The molecule has 1 N–H and O–H groups in total. The van der Waals surface area contributed by atoms with Crippen molar-refractivity contribution >= 4 is 29.0 Å². The van der Waals surface area contributed by atoms with E-state index >= 15 is 0 Å². The quantitative estimate of drug-likeness (QED) is 0.389. The van der Waals surface area contributed by atoms with Crippen LogP contribution in [0.1, 0.15) is 6.42 Å². The topological polar surface area (TPSA) is 103 Å². The second-order valence-corrected chi connectivity index (χ2v) is 6.30. The monoisotopic (exact) mass is 369 g/mol. The highest BCUT2D eigenvalue weighted by atomic mass is 32.2. The van der Waals surface area contributed by atoms with E-state index in [2.05, 4.69) is 15.5 Å². The van der Waals surface area contributed by atoms with E-state index in [9.17, 15) is 14.9 Å². The number of carbonyl (C=O) groups excluding carboxylic acids is 1. The van der Waals surface area contributed by atoms with Crippen molar-refractivity contribution in [1.29, 1.82) is 0 Å². The normalized spacial score (nSPS) is 10.5. The number of para-hydroxylation sites is 3. The van der Waals surface area contributed by atoms with Gasteiger partial charge in [-0.2, -0.15) is 0 Å². The average Bonchev–Trinajstić information content (AvgIpc) is 3.11. The van der Waals surface area contributed by atoms with Gasteiger partial charge in [-0.05, 0) is 18.2 Å². The predicted molar refractivity (Wildman–Crippen MR) is 98.4 cm³/mol. The number of hydrogen-bond acceptors (Lipinski definition) is 6. The van der Waals surface area contributed by atoms with Crippen LogP contribution in [-0.4, -0.2) is 31.3 Å². The van der Waals surface area contributed by atoms with Crippen LogP contribution in [0.15, 0.2) is 66.1 Å². The summed E-state index contributed by atoms with van der Waals surface area (Å²) in [5.41, 5.74) is 1.00. The van der Waals surface area contributed by atoms with E-state index in [0.29, 0.717) is 10.9 Å². The van der Waals surface area contributed by atoms with Gasteiger partial charge in [0.25, 0.3) is 5.69 Å². The molecule has 0 fully saturated rings. The number of amides is 1. The minimum atomic E-state index is -0.521.